The van der Waals surface area contributed by atoms with Crippen molar-refractivity contribution in [3.05, 3.63) is 0 Å². The van der Waals surface area contributed by atoms with Gasteiger partial charge in [-0.3, -0.25) is 4.79 Å². The molecule has 0 bridgehead atoms. The Hall–Kier alpha value is -0.260. The molecule has 0 aromatic heterocycles. The molecule has 1 atom stereocenters. The van der Waals surface area contributed by atoms with Crippen molar-refractivity contribution in [1.29, 1.82) is 0 Å². The summed E-state index contributed by atoms with van der Waals surface area (Å²) >= 11 is 1.41. The summed E-state index contributed by atoms with van der Waals surface area (Å²) in [7, 11) is 0. The molecule has 4 nitrogen and oxygen atoms in total. The molecule has 0 rings (SSSR count). The Bertz CT molecular complexity index is 110. The summed E-state index contributed by atoms with van der Waals surface area (Å²) in [6, 6.07) is -0.587. The zero-order chi connectivity index (χ0) is 7.98. The van der Waals surface area contributed by atoms with Gasteiger partial charge in [0.25, 0.3) is 0 Å². The summed E-state index contributed by atoms with van der Waals surface area (Å²) in [5, 5.41) is 8.34. The molecule has 0 aliphatic rings. The predicted molar refractivity (Wildman–Crippen MR) is 41.6 cm³/mol. The average molecular weight is 164 g/mol. The van der Waals surface area contributed by atoms with Crippen molar-refractivity contribution in [1.82, 2.24) is 0 Å². The fraction of sp³-hybridized carbons (Fsp3) is 0.800. The van der Waals surface area contributed by atoms with E-state index in [0.29, 0.717) is 11.5 Å². The molecule has 10 heavy (non-hydrogen) atoms. The van der Waals surface area contributed by atoms with Gasteiger partial charge in [0.15, 0.2) is 0 Å². The molecule has 0 fully saturated rings. The number of hydrogen-bond donors (Lipinski definition) is 3. The normalized spacial score (nSPS) is 13.0. The first-order valence-corrected chi connectivity index (χ1v) is 4.07. The maximum atomic E-state index is 10.3. The second-order valence-corrected chi connectivity index (χ2v) is 2.96. The monoisotopic (exact) mass is 164 g/mol. The van der Waals surface area contributed by atoms with E-state index in [2.05, 4.69) is 0 Å². The summed E-state index contributed by atoms with van der Waals surface area (Å²) in [5.74, 6) is 0.585. The second kappa shape index (κ2) is 5.52. The molecule has 5 heteroatoms. The molecule has 60 valence electrons. The molecule has 1 amide bonds. The van der Waals surface area contributed by atoms with Crippen LogP contribution in [0.1, 0.15) is 0 Å². The van der Waals surface area contributed by atoms with Gasteiger partial charge in [0, 0.05) is 11.5 Å². The molecule has 5 N–H and O–H groups in total. The summed E-state index contributed by atoms with van der Waals surface area (Å²) in [5.41, 5.74) is 10.2. The number of primary amides is 1. The number of amides is 1. The first-order valence-electron chi connectivity index (χ1n) is 2.92. The highest BCUT2D eigenvalue weighted by Crippen LogP contribution is 1.99. The maximum absolute atomic E-state index is 10.3. The number of carbonyl (C=O) groups excluding carboxylic acids is 1. The van der Waals surface area contributed by atoms with E-state index >= 15 is 0 Å². The van der Waals surface area contributed by atoms with E-state index in [1.54, 1.807) is 0 Å². The lowest BCUT2D eigenvalue weighted by Crippen LogP contribution is -2.38. The Morgan fingerprint density at radius 2 is 2.30 bits per heavy atom. The van der Waals surface area contributed by atoms with Crippen LogP contribution in [0.3, 0.4) is 0 Å². The summed E-state index contributed by atoms with van der Waals surface area (Å²) < 4.78 is 0. The molecular formula is C5H12N2O2S. The van der Waals surface area contributed by atoms with Gasteiger partial charge in [0.05, 0.1) is 12.6 Å². The van der Waals surface area contributed by atoms with Crippen LogP contribution in [0.2, 0.25) is 0 Å². The second-order valence-electron chi connectivity index (χ2n) is 1.81. The minimum absolute atomic E-state index is 0.107. The minimum Gasteiger partial charge on any atom is -0.396 e. The smallest absolute Gasteiger partial charge is 0.235 e. The number of thioether (sulfide) groups is 1. The van der Waals surface area contributed by atoms with Gasteiger partial charge in [-0.2, -0.15) is 11.8 Å². The number of hydrogen-bond acceptors (Lipinski definition) is 4. The molecule has 0 spiro atoms. The van der Waals surface area contributed by atoms with Gasteiger partial charge in [-0.25, -0.2) is 0 Å². The Labute approximate surface area is 64.0 Å². The first kappa shape index (κ1) is 9.74. The molecule has 0 saturated carbocycles. The Morgan fingerprint density at radius 1 is 1.70 bits per heavy atom. The van der Waals surface area contributed by atoms with E-state index in [-0.39, 0.29) is 6.61 Å². The van der Waals surface area contributed by atoms with Crippen molar-refractivity contribution in [3.63, 3.8) is 0 Å². The quantitative estimate of drug-likeness (QED) is 0.432. The molecule has 0 aliphatic heterocycles. The molecule has 1 unspecified atom stereocenters. The van der Waals surface area contributed by atoms with E-state index in [4.69, 9.17) is 16.6 Å². The Balaban J connectivity index is 3.21. The van der Waals surface area contributed by atoms with E-state index in [9.17, 15) is 4.79 Å². The van der Waals surface area contributed by atoms with E-state index in [1.807, 2.05) is 0 Å². The summed E-state index contributed by atoms with van der Waals surface area (Å²) in [6.45, 7) is 0.107. The van der Waals surface area contributed by atoms with E-state index < -0.39 is 11.9 Å². The fourth-order valence-corrected chi connectivity index (χ4v) is 1.07. The van der Waals surface area contributed by atoms with Crippen LogP contribution in [0.5, 0.6) is 0 Å². The van der Waals surface area contributed by atoms with Crippen molar-refractivity contribution in [3.8, 4) is 0 Å². The van der Waals surface area contributed by atoms with Crippen LogP contribution in [-0.4, -0.2) is 35.2 Å². The van der Waals surface area contributed by atoms with Crippen molar-refractivity contribution in [2.24, 2.45) is 11.5 Å². The van der Waals surface area contributed by atoms with Crippen LogP contribution in [0.25, 0.3) is 0 Å². The van der Waals surface area contributed by atoms with Crippen LogP contribution >= 0.6 is 11.8 Å². The van der Waals surface area contributed by atoms with E-state index in [0.717, 1.165) is 0 Å². The third kappa shape index (κ3) is 4.60. The predicted octanol–water partition coefficient (Wildman–Crippen LogP) is -1.48. The third-order valence-corrected chi connectivity index (χ3v) is 1.96. The SMILES string of the molecule is NC(=O)C(N)CSCCO. The zero-order valence-electron chi connectivity index (χ0n) is 5.62. The van der Waals surface area contributed by atoms with Crippen LogP contribution in [0, 0.1) is 0 Å². The average Bonchev–Trinajstić information content (AvgIpc) is 1.88. The number of rotatable bonds is 5. The number of aliphatic hydroxyl groups is 1. The van der Waals surface area contributed by atoms with Gasteiger partial charge < -0.3 is 16.6 Å². The molecule has 0 aliphatic carbocycles. The van der Waals surface area contributed by atoms with Crippen LogP contribution in [0.15, 0.2) is 0 Å². The fourth-order valence-electron chi connectivity index (χ4n) is 0.357. The largest absolute Gasteiger partial charge is 0.396 e. The van der Waals surface area contributed by atoms with Crippen LogP contribution in [0.4, 0.5) is 0 Å². The van der Waals surface area contributed by atoms with Gasteiger partial charge in [-0.1, -0.05) is 0 Å². The molecular weight excluding hydrogens is 152 g/mol. The third-order valence-electron chi connectivity index (χ3n) is 0.898. The number of nitrogens with two attached hydrogens (primary N) is 2. The molecule has 0 heterocycles. The van der Waals surface area contributed by atoms with Crippen molar-refractivity contribution < 1.29 is 9.90 Å². The van der Waals surface area contributed by atoms with E-state index in [1.165, 1.54) is 11.8 Å². The molecule has 0 aromatic carbocycles. The van der Waals surface area contributed by atoms with Crippen molar-refractivity contribution in [2.75, 3.05) is 18.1 Å². The topological polar surface area (TPSA) is 89.3 Å². The number of aliphatic hydroxyl groups excluding tert-OH is 1. The molecule has 0 saturated heterocycles. The lowest BCUT2D eigenvalue weighted by Gasteiger charge is -2.04. The molecule has 0 aromatic rings. The summed E-state index contributed by atoms with van der Waals surface area (Å²) in [4.78, 5) is 10.3. The van der Waals surface area contributed by atoms with Gasteiger partial charge in [-0.05, 0) is 0 Å². The lowest BCUT2D eigenvalue weighted by atomic mass is 10.3. The maximum Gasteiger partial charge on any atom is 0.235 e. The highest BCUT2D eigenvalue weighted by Gasteiger charge is 2.07. The van der Waals surface area contributed by atoms with Gasteiger partial charge in [0.1, 0.15) is 0 Å². The zero-order valence-corrected chi connectivity index (χ0v) is 6.43. The van der Waals surface area contributed by atoms with Crippen LogP contribution in [-0.2, 0) is 4.79 Å². The summed E-state index contributed by atoms with van der Waals surface area (Å²) in [6.07, 6.45) is 0. The van der Waals surface area contributed by atoms with Gasteiger partial charge in [-0.15, -0.1) is 0 Å². The van der Waals surface area contributed by atoms with Crippen molar-refractivity contribution in [2.45, 2.75) is 6.04 Å². The lowest BCUT2D eigenvalue weighted by molar-refractivity contribution is -0.118. The number of carbonyl (C=O) groups is 1. The first-order chi connectivity index (χ1) is 4.68. The van der Waals surface area contributed by atoms with Gasteiger partial charge >= 0.3 is 0 Å². The van der Waals surface area contributed by atoms with Crippen LogP contribution < -0.4 is 11.5 Å². The minimum atomic E-state index is -0.587. The van der Waals surface area contributed by atoms with Gasteiger partial charge in [0.2, 0.25) is 5.91 Å². The molecule has 0 radical (unpaired) electrons. The standard InChI is InChI=1S/C5H12N2O2S/c6-4(5(7)9)3-10-2-1-8/h4,8H,1-3,6H2,(H2,7,9). The highest BCUT2D eigenvalue weighted by molar-refractivity contribution is 7.99. The van der Waals surface area contributed by atoms with Crippen molar-refractivity contribution >= 4 is 17.7 Å². The highest BCUT2D eigenvalue weighted by atomic mass is 32.2. The Morgan fingerprint density at radius 3 is 2.70 bits per heavy atom. The Kier molecular flexibility index (Phi) is 5.38.